The first-order valence-electron chi connectivity index (χ1n) is 9.67. The highest BCUT2D eigenvalue weighted by Crippen LogP contribution is 2.39. The minimum absolute atomic E-state index is 0.128. The van der Waals surface area contributed by atoms with Crippen molar-refractivity contribution in [2.75, 3.05) is 16.2 Å². The van der Waals surface area contributed by atoms with Crippen LogP contribution in [0.2, 0.25) is 5.02 Å². The maximum atomic E-state index is 13.4. The molecule has 0 radical (unpaired) electrons. The molecule has 1 atom stereocenters. The van der Waals surface area contributed by atoms with E-state index in [0.717, 1.165) is 11.1 Å². The molecular formula is C23H21ClN2O4S. The molecule has 3 aromatic carbocycles. The number of halogens is 1. The van der Waals surface area contributed by atoms with E-state index in [1.807, 2.05) is 32.0 Å². The number of sulfonamides is 1. The fraction of sp³-hybridized carbons (Fsp3) is 0.174. The van der Waals surface area contributed by atoms with Gasteiger partial charge in [0.2, 0.25) is 0 Å². The number of ether oxygens (including phenoxy) is 1. The lowest BCUT2D eigenvalue weighted by Gasteiger charge is -2.35. The molecule has 0 aliphatic carbocycles. The Kier molecular flexibility index (Phi) is 5.64. The summed E-state index contributed by atoms with van der Waals surface area (Å²) in [6.45, 7) is 3.62. The number of nitrogens with one attached hydrogen (secondary N) is 1. The predicted octanol–water partition coefficient (Wildman–Crippen LogP) is 4.55. The number of amides is 1. The molecule has 160 valence electrons. The van der Waals surface area contributed by atoms with Crippen LogP contribution in [0.1, 0.15) is 11.1 Å². The monoisotopic (exact) mass is 456 g/mol. The zero-order valence-electron chi connectivity index (χ0n) is 17.0. The van der Waals surface area contributed by atoms with Gasteiger partial charge < -0.3 is 10.1 Å². The Morgan fingerprint density at radius 1 is 1.03 bits per heavy atom. The van der Waals surface area contributed by atoms with Crippen LogP contribution in [0.25, 0.3) is 0 Å². The average Bonchev–Trinajstić information content (AvgIpc) is 2.73. The zero-order chi connectivity index (χ0) is 22.2. The summed E-state index contributed by atoms with van der Waals surface area (Å²) in [5.41, 5.74) is 2.85. The third-order valence-corrected chi connectivity index (χ3v) is 7.01. The lowest BCUT2D eigenvalue weighted by molar-refractivity contribution is -0.122. The molecule has 1 heterocycles. The Morgan fingerprint density at radius 3 is 2.48 bits per heavy atom. The number of hydrogen-bond donors (Lipinski definition) is 1. The molecule has 1 amide bonds. The van der Waals surface area contributed by atoms with Crippen molar-refractivity contribution in [2.45, 2.75) is 24.8 Å². The van der Waals surface area contributed by atoms with E-state index in [2.05, 4.69) is 5.32 Å². The number of nitrogens with zero attached hydrogens (tertiary/aromatic N) is 1. The number of carbonyl (C=O) groups is 1. The molecule has 8 heteroatoms. The van der Waals surface area contributed by atoms with Gasteiger partial charge in [-0.15, -0.1) is 0 Å². The van der Waals surface area contributed by atoms with Gasteiger partial charge >= 0.3 is 0 Å². The van der Waals surface area contributed by atoms with Gasteiger partial charge in [-0.2, -0.15) is 0 Å². The maximum absolute atomic E-state index is 13.4. The largest absolute Gasteiger partial charge is 0.476 e. The third-order valence-electron chi connectivity index (χ3n) is 4.98. The fourth-order valence-corrected chi connectivity index (χ4v) is 5.01. The van der Waals surface area contributed by atoms with Crippen LogP contribution in [-0.4, -0.2) is 27.0 Å². The molecule has 4 rings (SSSR count). The second-order valence-electron chi connectivity index (χ2n) is 7.43. The zero-order valence-corrected chi connectivity index (χ0v) is 18.6. The highest BCUT2D eigenvalue weighted by Gasteiger charge is 2.37. The summed E-state index contributed by atoms with van der Waals surface area (Å²) in [6, 6.07) is 18.6. The van der Waals surface area contributed by atoms with Crippen LogP contribution in [0.5, 0.6) is 5.75 Å². The standard InChI is InChI=1S/C23H21ClN2O4S/c1-15-6-9-19(10-7-15)31(28,29)26-14-22(30-21-11-8-17(24)13-20(21)26)23(27)25-18-5-3-4-16(2)12-18/h3-13,22H,14H2,1-2H3,(H,25,27)/t22-/m1/s1. The second-order valence-corrected chi connectivity index (χ2v) is 9.73. The quantitative estimate of drug-likeness (QED) is 0.624. The first-order chi connectivity index (χ1) is 14.7. The molecule has 0 fully saturated rings. The van der Waals surface area contributed by atoms with Crippen LogP contribution in [0.4, 0.5) is 11.4 Å². The van der Waals surface area contributed by atoms with E-state index in [1.54, 1.807) is 42.5 Å². The topological polar surface area (TPSA) is 75.7 Å². The normalized spacial score (nSPS) is 15.7. The van der Waals surface area contributed by atoms with Crippen LogP contribution in [0, 0.1) is 13.8 Å². The summed E-state index contributed by atoms with van der Waals surface area (Å²) in [5.74, 6) is -0.161. The summed E-state index contributed by atoms with van der Waals surface area (Å²) in [4.78, 5) is 13.1. The van der Waals surface area contributed by atoms with Gasteiger partial charge in [-0.1, -0.05) is 41.4 Å². The van der Waals surface area contributed by atoms with E-state index < -0.39 is 22.0 Å². The Bertz CT molecular complexity index is 1240. The Hall–Kier alpha value is -3.03. The number of aryl methyl sites for hydroxylation is 2. The smallest absolute Gasteiger partial charge is 0.267 e. The number of anilines is 2. The van der Waals surface area contributed by atoms with Crippen LogP contribution >= 0.6 is 11.6 Å². The van der Waals surface area contributed by atoms with Gasteiger partial charge in [-0.3, -0.25) is 9.10 Å². The Labute approximate surface area is 186 Å². The molecule has 1 N–H and O–H groups in total. The first kappa shape index (κ1) is 21.2. The van der Waals surface area contributed by atoms with Gasteiger partial charge in [-0.05, 0) is 61.9 Å². The fourth-order valence-electron chi connectivity index (χ4n) is 3.37. The summed E-state index contributed by atoms with van der Waals surface area (Å²) in [5, 5.41) is 3.17. The molecular weight excluding hydrogens is 436 g/mol. The van der Waals surface area contributed by atoms with Crippen molar-refractivity contribution in [3.05, 3.63) is 82.9 Å². The van der Waals surface area contributed by atoms with Crippen molar-refractivity contribution >= 4 is 38.9 Å². The molecule has 1 aliphatic heterocycles. The molecule has 31 heavy (non-hydrogen) atoms. The highest BCUT2D eigenvalue weighted by molar-refractivity contribution is 7.92. The maximum Gasteiger partial charge on any atom is 0.267 e. The number of hydrogen-bond acceptors (Lipinski definition) is 4. The number of carbonyl (C=O) groups excluding carboxylic acids is 1. The van der Waals surface area contributed by atoms with Gasteiger partial charge in [0.1, 0.15) is 5.75 Å². The minimum atomic E-state index is -3.94. The van der Waals surface area contributed by atoms with Crippen LogP contribution < -0.4 is 14.4 Å². The molecule has 3 aromatic rings. The van der Waals surface area contributed by atoms with Gasteiger partial charge in [0, 0.05) is 10.7 Å². The van der Waals surface area contributed by atoms with Gasteiger partial charge in [-0.25, -0.2) is 8.42 Å². The second kappa shape index (κ2) is 8.24. The molecule has 1 aliphatic rings. The number of fused-ring (bicyclic) bond motifs is 1. The first-order valence-corrected chi connectivity index (χ1v) is 11.5. The molecule has 0 saturated heterocycles. The van der Waals surface area contributed by atoms with E-state index in [0.29, 0.717) is 16.4 Å². The summed E-state index contributed by atoms with van der Waals surface area (Å²) < 4.78 is 33.9. The SMILES string of the molecule is Cc1ccc(S(=O)(=O)N2C[C@H](C(=O)Nc3cccc(C)c3)Oc3ccc(Cl)cc32)cc1. The summed E-state index contributed by atoms with van der Waals surface area (Å²) in [7, 11) is -3.94. The van der Waals surface area contributed by atoms with Crippen molar-refractivity contribution in [1.29, 1.82) is 0 Å². The third kappa shape index (κ3) is 4.38. The van der Waals surface area contributed by atoms with Crippen molar-refractivity contribution in [3.63, 3.8) is 0 Å². The predicted molar refractivity (Wildman–Crippen MR) is 121 cm³/mol. The number of benzene rings is 3. The van der Waals surface area contributed by atoms with Crippen LogP contribution in [-0.2, 0) is 14.8 Å². The van der Waals surface area contributed by atoms with Gasteiger partial charge in [0.15, 0.2) is 6.10 Å². The van der Waals surface area contributed by atoms with Crippen LogP contribution in [0.15, 0.2) is 71.6 Å². The van der Waals surface area contributed by atoms with Gasteiger partial charge in [0.05, 0.1) is 17.1 Å². The highest BCUT2D eigenvalue weighted by atomic mass is 35.5. The summed E-state index contributed by atoms with van der Waals surface area (Å²) in [6.07, 6.45) is -1.03. The lowest BCUT2D eigenvalue weighted by Crippen LogP contribution is -2.48. The van der Waals surface area contributed by atoms with Crippen molar-refractivity contribution in [2.24, 2.45) is 0 Å². The van der Waals surface area contributed by atoms with Crippen molar-refractivity contribution in [1.82, 2.24) is 0 Å². The molecule has 6 nitrogen and oxygen atoms in total. The average molecular weight is 457 g/mol. The molecule has 0 spiro atoms. The Balaban J connectivity index is 1.70. The molecule has 0 unspecified atom stereocenters. The lowest BCUT2D eigenvalue weighted by atomic mass is 10.2. The van der Waals surface area contributed by atoms with E-state index in [4.69, 9.17) is 16.3 Å². The van der Waals surface area contributed by atoms with E-state index in [1.165, 1.54) is 10.4 Å². The van der Waals surface area contributed by atoms with Crippen molar-refractivity contribution < 1.29 is 17.9 Å². The molecule has 0 aromatic heterocycles. The minimum Gasteiger partial charge on any atom is -0.476 e. The van der Waals surface area contributed by atoms with Crippen molar-refractivity contribution in [3.8, 4) is 5.75 Å². The van der Waals surface area contributed by atoms with Gasteiger partial charge in [0.25, 0.3) is 15.9 Å². The van der Waals surface area contributed by atoms with E-state index in [-0.39, 0.29) is 17.2 Å². The molecule has 0 saturated carbocycles. The van der Waals surface area contributed by atoms with E-state index in [9.17, 15) is 13.2 Å². The van der Waals surface area contributed by atoms with Crippen LogP contribution in [0.3, 0.4) is 0 Å². The Morgan fingerprint density at radius 2 is 1.77 bits per heavy atom. The summed E-state index contributed by atoms with van der Waals surface area (Å²) >= 11 is 6.12. The van der Waals surface area contributed by atoms with E-state index >= 15 is 0 Å². The molecule has 0 bridgehead atoms. The number of rotatable bonds is 4.